The van der Waals surface area contributed by atoms with Crippen LogP contribution in [0.4, 0.5) is 0 Å². The number of nitrogens with two attached hydrogens (primary N) is 1. The average Bonchev–Trinajstić information content (AvgIpc) is 2.95. The highest BCUT2D eigenvalue weighted by Gasteiger charge is 2.07. The third-order valence-corrected chi connectivity index (χ3v) is 7.30. The summed E-state index contributed by atoms with van der Waals surface area (Å²) in [5.41, 5.74) is 5.52. The summed E-state index contributed by atoms with van der Waals surface area (Å²) in [5, 5.41) is 13.2. The Morgan fingerprint density at radius 3 is 1.20 bits per heavy atom. The van der Waals surface area contributed by atoms with Gasteiger partial charge in [-0.25, -0.2) is 0 Å². The first-order chi connectivity index (χ1) is 19.6. The van der Waals surface area contributed by atoms with E-state index in [0.717, 1.165) is 117 Å². The predicted molar refractivity (Wildman–Crippen MR) is 215 cm³/mol. The van der Waals surface area contributed by atoms with E-state index in [1.54, 1.807) is 0 Å². The SMILES string of the molecule is CCCCCCCC(=O)NCCCN(CCCNCCCCNCCCN)CCCNC(=O)CCCCCCC.Cl.Cl.Cl.Cl.Cl.Cl. The van der Waals surface area contributed by atoms with Crippen molar-refractivity contribution in [3.63, 3.8) is 0 Å². The fourth-order valence-electron chi connectivity index (χ4n) is 4.76. The monoisotopic (exact) mass is 784 g/mol. The molecule has 14 heteroatoms. The quantitative estimate of drug-likeness (QED) is 0.0460. The summed E-state index contributed by atoms with van der Waals surface area (Å²) < 4.78 is 0. The number of carbonyl (C=O) groups is 2. The van der Waals surface area contributed by atoms with Crippen LogP contribution in [0.25, 0.3) is 0 Å². The van der Waals surface area contributed by atoms with Crippen LogP contribution >= 0.6 is 74.4 Å². The van der Waals surface area contributed by atoms with Gasteiger partial charge in [0.15, 0.2) is 0 Å². The Kier molecular flexibility index (Phi) is 70.2. The molecule has 0 spiro atoms. The number of carbonyl (C=O) groups excluding carboxylic acids is 2. The van der Waals surface area contributed by atoms with Crippen LogP contribution in [0.5, 0.6) is 0 Å². The minimum Gasteiger partial charge on any atom is -0.356 e. The first-order valence-corrected chi connectivity index (χ1v) is 17.0. The summed E-state index contributed by atoms with van der Waals surface area (Å²) >= 11 is 0. The lowest BCUT2D eigenvalue weighted by Crippen LogP contribution is -2.34. The smallest absolute Gasteiger partial charge is 0.219 e. The van der Waals surface area contributed by atoms with Gasteiger partial charge < -0.3 is 31.9 Å². The minimum atomic E-state index is 0. The Balaban J connectivity index is -0.000000507. The molecule has 8 nitrogen and oxygen atoms in total. The zero-order chi connectivity index (χ0) is 29.4. The average molecular weight is 788 g/mol. The van der Waals surface area contributed by atoms with Gasteiger partial charge in [-0.2, -0.15) is 0 Å². The van der Waals surface area contributed by atoms with Gasteiger partial charge in [-0.05, 0) is 104 Å². The van der Waals surface area contributed by atoms with Crippen molar-refractivity contribution in [1.82, 2.24) is 26.2 Å². The van der Waals surface area contributed by atoms with Crippen molar-refractivity contribution >= 4 is 86.3 Å². The van der Waals surface area contributed by atoms with Gasteiger partial charge in [0, 0.05) is 25.9 Å². The van der Waals surface area contributed by atoms with E-state index in [2.05, 4.69) is 40.0 Å². The summed E-state index contributed by atoms with van der Waals surface area (Å²) in [5.74, 6) is 0.387. The Morgan fingerprint density at radius 1 is 0.457 bits per heavy atom. The number of halogens is 6. The summed E-state index contributed by atoms with van der Waals surface area (Å²) in [7, 11) is 0. The zero-order valence-electron chi connectivity index (χ0n) is 29.1. The number of nitrogens with zero attached hydrogens (tertiary/aromatic N) is 1. The van der Waals surface area contributed by atoms with Crippen molar-refractivity contribution < 1.29 is 9.59 Å². The maximum atomic E-state index is 12.1. The highest BCUT2D eigenvalue weighted by Crippen LogP contribution is 2.06. The number of hydrogen-bond donors (Lipinski definition) is 5. The third-order valence-electron chi connectivity index (χ3n) is 7.30. The number of rotatable bonds is 32. The van der Waals surface area contributed by atoms with Crippen LogP contribution < -0.4 is 27.0 Å². The van der Waals surface area contributed by atoms with Gasteiger partial charge in [-0.3, -0.25) is 9.59 Å². The van der Waals surface area contributed by atoms with Crippen molar-refractivity contribution in [2.45, 2.75) is 129 Å². The molecule has 0 saturated carbocycles. The molecule has 0 aliphatic heterocycles. The summed E-state index contributed by atoms with van der Waals surface area (Å²) in [6.45, 7) is 13.9. The van der Waals surface area contributed by atoms with Crippen molar-refractivity contribution in [3.8, 4) is 0 Å². The van der Waals surface area contributed by atoms with E-state index in [4.69, 9.17) is 5.73 Å². The highest BCUT2D eigenvalue weighted by atomic mass is 35.5. The van der Waals surface area contributed by atoms with E-state index in [-0.39, 0.29) is 86.3 Å². The van der Waals surface area contributed by atoms with E-state index < -0.39 is 0 Å². The normalized spacial score (nSPS) is 9.83. The minimum absolute atomic E-state index is 0. The van der Waals surface area contributed by atoms with Gasteiger partial charge in [0.05, 0.1) is 0 Å². The van der Waals surface area contributed by atoms with E-state index in [1.165, 1.54) is 51.4 Å². The Labute approximate surface area is 321 Å². The van der Waals surface area contributed by atoms with Crippen LogP contribution in [0, 0.1) is 0 Å². The fraction of sp³-hybridized carbons (Fsp3) is 0.938. The Morgan fingerprint density at radius 2 is 0.804 bits per heavy atom. The van der Waals surface area contributed by atoms with Crippen molar-refractivity contribution in [1.29, 1.82) is 0 Å². The van der Waals surface area contributed by atoms with Gasteiger partial charge in [-0.1, -0.05) is 65.2 Å². The zero-order valence-corrected chi connectivity index (χ0v) is 34.0. The van der Waals surface area contributed by atoms with Crippen molar-refractivity contribution in [2.24, 2.45) is 5.73 Å². The molecule has 0 atom stereocenters. The standard InChI is InChI=1S/C32H68N6O2.6ClH/c1-3-5-7-9-11-19-31(39)36-26-17-29-38(28-16-25-35-23-14-13-22-34-24-15-21-33)30-18-27-37-32(40)20-12-10-8-6-4-2;;;;;;/h34-35H,3-30,33H2,1-2H3,(H,36,39)(H,37,40);6*1H. The molecule has 0 fully saturated rings. The number of unbranched alkanes of at least 4 members (excludes halogenated alkanes) is 9. The molecule has 0 unspecified atom stereocenters. The molecule has 2 amide bonds. The second-order valence-electron chi connectivity index (χ2n) is 11.3. The first kappa shape index (κ1) is 61.7. The highest BCUT2D eigenvalue weighted by molar-refractivity contribution is 5.86. The third kappa shape index (κ3) is 48.9. The largest absolute Gasteiger partial charge is 0.356 e. The van der Waals surface area contributed by atoms with Gasteiger partial charge >= 0.3 is 0 Å². The van der Waals surface area contributed by atoms with Crippen molar-refractivity contribution in [3.05, 3.63) is 0 Å². The molecule has 0 rings (SSSR count). The molecule has 0 aromatic rings. The lowest BCUT2D eigenvalue weighted by molar-refractivity contribution is -0.122. The summed E-state index contributed by atoms with van der Waals surface area (Å²) in [6.07, 6.45) is 19.6. The molecule has 286 valence electrons. The van der Waals surface area contributed by atoms with Crippen molar-refractivity contribution in [2.75, 3.05) is 65.4 Å². The topological polar surface area (TPSA) is 112 Å². The molecule has 0 saturated heterocycles. The molecule has 0 aliphatic carbocycles. The van der Waals surface area contributed by atoms with Crippen LogP contribution in [0.15, 0.2) is 0 Å². The van der Waals surface area contributed by atoms with Gasteiger partial charge in [0.1, 0.15) is 0 Å². The van der Waals surface area contributed by atoms with Gasteiger partial charge in [0.2, 0.25) is 11.8 Å². The van der Waals surface area contributed by atoms with Crippen LogP contribution in [0.2, 0.25) is 0 Å². The number of amides is 2. The maximum Gasteiger partial charge on any atom is 0.219 e. The molecule has 0 aromatic heterocycles. The fourth-order valence-corrected chi connectivity index (χ4v) is 4.76. The lowest BCUT2D eigenvalue weighted by Gasteiger charge is -2.22. The summed E-state index contributed by atoms with van der Waals surface area (Å²) in [6, 6.07) is 0. The molecular formula is C32H74Cl6N6O2. The second-order valence-corrected chi connectivity index (χ2v) is 11.3. The van der Waals surface area contributed by atoms with E-state index >= 15 is 0 Å². The summed E-state index contributed by atoms with van der Waals surface area (Å²) in [4.78, 5) is 26.7. The van der Waals surface area contributed by atoms with Crippen LogP contribution in [0.3, 0.4) is 0 Å². The van der Waals surface area contributed by atoms with E-state index in [0.29, 0.717) is 12.8 Å². The first-order valence-electron chi connectivity index (χ1n) is 17.0. The maximum absolute atomic E-state index is 12.1. The molecule has 0 bridgehead atoms. The van der Waals surface area contributed by atoms with E-state index in [1.807, 2.05) is 0 Å². The molecule has 0 radical (unpaired) electrons. The van der Waals surface area contributed by atoms with Crippen LogP contribution in [0.1, 0.15) is 129 Å². The lowest BCUT2D eigenvalue weighted by atomic mass is 10.1. The molecule has 46 heavy (non-hydrogen) atoms. The molecular weight excluding hydrogens is 713 g/mol. The molecule has 0 heterocycles. The van der Waals surface area contributed by atoms with Crippen LogP contribution in [-0.4, -0.2) is 82.2 Å². The molecule has 0 aliphatic rings. The molecule has 6 N–H and O–H groups in total. The van der Waals surface area contributed by atoms with Gasteiger partial charge in [-0.15, -0.1) is 74.4 Å². The Bertz CT molecular complexity index is 541. The second kappa shape index (κ2) is 52.3. The Hall–Kier alpha value is 0.520. The van der Waals surface area contributed by atoms with Crippen LogP contribution in [-0.2, 0) is 9.59 Å². The van der Waals surface area contributed by atoms with E-state index in [9.17, 15) is 9.59 Å². The number of hydrogen-bond acceptors (Lipinski definition) is 6. The number of nitrogens with one attached hydrogen (secondary N) is 4. The predicted octanol–water partition coefficient (Wildman–Crippen LogP) is 7.25. The molecule has 0 aromatic carbocycles. The van der Waals surface area contributed by atoms with Gasteiger partial charge in [0.25, 0.3) is 0 Å².